The van der Waals surface area contributed by atoms with Gasteiger partial charge in [0.05, 0.1) is 0 Å². The zero-order valence-corrected chi connectivity index (χ0v) is 7.02. The second-order valence-electron chi connectivity index (χ2n) is 2.68. The molecule has 0 radical (unpaired) electrons. The molecule has 0 fully saturated rings. The van der Waals surface area contributed by atoms with E-state index < -0.39 is 11.1 Å². The van der Waals surface area contributed by atoms with E-state index in [0.717, 1.165) is 4.52 Å². The zero-order chi connectivity index (χ0) is 10.3. The first-order chi connectivity index (χ1) is 6.69. The van der Waals surface area contributed by atoms with E-state index >= 15 is 0 Å². The molecule has 0 saturated heterocycles. The molecule has 0 bridgehead atoms. The normalized spacial score (nSPS) is 9.86. The van der Waals surface area contributed by atoms with Gasteiger partial charge in [0, 0.05) is 12.4 Å². The van der Waals surface area contributed by atoms with Gasteiger partial charge in [-0.25, -0.2) is 0 Å². The fraction of sp³-hybridized carbons (Fsp3) is 0. The largest absolute Gasteiger partial charge is 0.290 e. The summed E-state index contributed by atoms with van der Waals surface area (Å²) in [4.78, 5) is 22.9. The summed E-state index contributed by atoms with van der Waals surface area (Å²) in [6, 6.07) is 0. The van der Waals surface area contributed by atoms with Crippen LogP contribution in [-0.2, 0) is 0 Å². The molecule has 0 aromatic carbocycles. The highest BCUT2D eigenvalue weighted by Crippen LogP contribution is 1.93. The van der Waals surface area contributed by atoms with Crippen LogP contribution in [0.15, 0.2) is 22.0 Å². The summed E-state index contributed by atoms with van der Waals surface area (Å²) in [5, 5.41) is 0. The third kappa shape index (κ3) is 0.797. The molecule has 0 aliphatic carbocycles. The summed E-state index contributed by atoms with van der Waals surface area (Å²) in [6.07, 6.45) is 12.9. The maximum atomic E-state index is 11.4. The average molecular weight is 184 g/mol. The molecular formula is C10H4N2O2. The van der Waals surface area contributed by atoms with E-state index in [1.165, 1.54) is 16.9 Å². The summed E-state index contributed by atoms with van der Waals surface area (Å²) in [7, 11) is 0. The zero-order valence-electron chi connectivity index (χ0n) is 7.02. The molecule has 2 aromatic heterocycles. The molecule has 4 nitrogen and oxygen atoms in total. The second-order valence-corrected chi connectivity index (χ2v) is 2.68. The third-order valence-corrected chi connectivity index (χ3v) is 1.91. The van der Waals surface area contributed by atoms with Gasteiger partial charge in [-0.1, -0.05) is 11.8 Å². The summed E-state index contributed by atoms with van der Waals surface area (Å²) in [5.41, 5.74) is -0.741. The highest BCUT2D eigenvalue weighted by atomic mass is 16.2. The van der Waals surface area contributed by atoms with E-state index in [-0.39, 0.29) is 11.1 Å². The van der Waals surface area contributed by atoms with Crippen molar-refractivity contribution in [2.75, 3.05) is 0 Å². The molecule has 0 spiro atoms. The lowest BCUT2D eigenvalue weighted by Crippen LogP contribution is -2.23. The number of terminal acetylenes is 2. The fourth-order valence-electron chi connectivity index (χ4n) is 1.26. The van der Waals surface area contributed by atoms with Crippen molar-refractivity contribution in [2.45, 2.75) is 0 Å². The fourth-order valence-corrected chi connectivity index (χ4v) is 1.26. The van der Waals surface area contributed by atoms with Gasteiger partial charge in [0.1, 0.15) is 11.1 Å². The van der Waals surface area contributed by atoms with Crippen LogP contribution >= 0.6 is 0 Å². The van der Waals surface area contributed by atoms with Crippen LogP contribution in [0.25, 0.3) is 0 Å². The lowest BCUT2D eigenvalue weighted by Gasteiger charge is -1.78. The number of aromatic nitrogens is 2. The number of hydrogen-bond donors (Lipinski definition) is 0. The van der Waals surface area contributed by atoms with Crippen LogP contribution in [0.5, 0.6) is 0 Å². The molecule has 14 heavy (non-hydrogen) atoms. The lowest BCUT2D eigenvalue weighted by molar-refractivity contribution is 0.805. The van der Waals surface area contributed by atoms with Gasteiger partial charge in [-0.05, 0) is 0 Å². The minimum absolute atomic E-state index is 0.144. The van der Waals surface area contributed by atoms with Crippen LogP contribution in [0, 0.1) is 24.7 Å². The van der Waals surface area contributed by atoms with E-state index in [4.69, 9.17) is 12.8 Å². The Kier molecular flexibility index (Phi) is 1.46. The average Bonchev–Trinajstić information content (AvgIpc) is 2.65. The molecule has 0 saturated carbocycles. The first kappa shape index (κ1) is 8.15. The van der Waals surface area contributed by atoms with Crippen LogP contribution < -0.4 is 11.1 Å². The molecule has 2 rings (SSSR count). The van der Waals surface area contributed by atoms with Crippen molar-refractivity contribution in [3.05, 3.63) is 44.2 Å². The van der Waals surface area contributed by atoms with Crippen molar-refractivity contribution in [3.63, 3.8) is 0 Å². The summed E-state index contributed by atoms with van der Waals surface area (Å²) in [5.74, 6) is 4.38. The van der Waals surface area contributed by atoms with Crippen molar-refractivity contribution >= 4 is 0 Å². The number of nitrogens with zero attached hydrogens (tertiary/aromatic N) is 2. The topological polar surface area (TPSA) is 43.0 Å². The molecule has 0 atom stereocenters. The number of fused-ring (bicyclic) bond motifs is 1. The van der Waals surface area contributed by atoms with E-state index in [1.807, 2.05) is 0 Å². The van der Waals surface area contributed by atoms with Gasteiger partial charge in [-0.15, -0.1) is 12.8 Å². The highest BCUT2D eigenvalue weighted by molar-refractivity contribution is 5.32. The molecule has 2 heterocycles. The minimum atomic E-state index is -0.515. The highest BCUT2D eigenvalue weighted by Gasteiger charge is 2.11. The Morgan fingerprint density at radius 2 is 1.43 bits per heavy atom. The summed E-state index contributed by atoms with van der Waals surface area (Å²) < 4.78 is 2.21. The monoisotopic (exact) mass is 184 g/mol. The minimum Gasteiger partial charge on any atom is -0.266 e. The summed E-state index contributed by atoms with van der Waals surface area (Å²) in [6.45, 7) is 0. The van der Waals surface area contributed by atoms with E-state index in [0.29, 0.717) is 0 Å². The first-order valence-electron chi connectivity index (χ1n) is 3.73. The molecule has 66 valence electrons. The molecule has 0 unspecified atom stereocenters. The first-order valence-corrected chi connectivity index (χ1v) is 3.73. The van der Waals surface area contributed by atoms with Gasteiger partial charge in [-0.2, -0.15) is 4.52 Å². The van der Waals surface area contributed by atoms with Crippen LogP contribution in [0.3, 0.4) is 0 Å². The van der Waals surface area contributed by atoms with Crippen molar-refractivity contribution in [1.29, 1.82) is 0 Å². The van der Waals surface area contributed by atoms with Crippen molar-refractivity contribution in [2.24, 2.45) is 0 Å². The Bertz CT molecular complexity index is 634. The third-order valence-electron chi connectivity index (χ3n) is 1.91. The van der Waals surface area contributed by atoms with Crippen molar-refractivity contribution in [3.8, 4) is 24.7 Å². The lowest BCUT2D eigenvalue weighted by atomic mass is 10.3. The Labute approximate surface area is 78.7 Å². The van der Waals surface area contributed by atoms with Gasteiger partial charge in [0.25, 0.3) is 11.1 Å². The number of rotatable bonds is 0. The molecule has 4 heteroatoms. The smallest absolute Gasteiger partial charge is 0.266 e. The van der Waals surface area contributed by atoms with Crippen LogP contribution in [-0.4, -0.2) is 9.03 Å². The molecule has 2 aromatic rings. The standard InChI is InChI=1S/C10H4N2O2/c1-3-7-5-11-6-8(4-2)10(14)12(11)9(7)13/h1-2,5-6H. The Balaban J connectivity index is 3.06. The SMILES string of the molecule is C#Cc1cn2cc(C#C)c(=O)n2c1=O. The molecular weight excluding hydrogens is 180 g/mol. The van der Waals surface area contributed by atoms with Gasteiger partial charge >= 0.3 is 0 Å². The van der Waals surface area contributed by atoms with E-state index in [9.17, 15) is 9.59 Å². The molecule has 0 amide bonds. The van der Waals surface area contributed by atoms with Crippen LogP contribution in [0.4, 0.5) is 0 Å². The second kappa shape index (κ2) is 2.51. The molecule has 0 aliphatic heterocycles. The molecule has 0 N–H and O–H groups in total. The van der Waals surface area contributed by atoms with Gasteiger partial charge in [0.2, 0.25) is 0 Å². The number of hydrogen-bond acceptors (Lipinski definition) is 2. The van der Waals surface area contributed by atoms with Gasteiger partial charge in [-0.3, -0.25) is 14.1 Å². The van der Waals surface area contributed by atoms with Gasteiger partial charge < -0.3 is 0 Å². The van der Waals surface area contributed by atoms with Crippen molar-refractivity contribution < 1.29 is 0 Å². The Morgan fingerprint density at radius 3 is 1.71 bits per heavy atom. The van der Waals surface area contributed by atoms with Crippen LogP contribution in [0.1, 0.15) is 11.1 Å². The van der Waals surface area contributed by atoms with Gasteiger partial charge in [0.15, 0.2) is 0 Å². The van der Waals surface area contributed by atoms with Crippen LogP contribution in [0.2, 0.25) is 0 Å². The Morgan fingerprint density at radius 1 is 1.00 bits per heavy atom. The quantitative estimate of drug-likeness (QED) is 0.501. The molecule has 0 aliphatic rings. The van der Waals surface area contributed by atoms with E-state index in [1.54, 1.807) is 0 Å². The van der Waals surface area contributed by atoms with E-state index in [2.05, 4.69) is 11.8 Å². The van der Waals surface area contributed by atoms with Crippen molar-refractivity contribution in [1.82, 2.24) is 9.03 Å². The maximum absolute atomic E-state index is 11.4. The predicted molar refractivity (Wildman–Crippen MR) is 50.4 cm³/mol. The summed E-state index contributed by atoms with van der Waals surface area (Å²) >= 11 is 0. The Hall–Kier alpha value is -2.46. The predicted octanol–water partition coefficient (Wildman–Crippen LogP) is -0.840. The maximum Gasteiger partial charge on any atom is 0.290 e.